The third-order valence-electron chi connectivity index (χ3n) is 3.41. The fraction of sp³-hybridized carbons (Fsp3) is 0.176. The van der Waals surface area contributed by atoms with Gasteiger partial charge in [0.05, 0.1) is 24.9 Å². The first kappa shape index (κ1) is 17.9. The smallest absolute Gasteiger partial charge is 0.271 e. The molecule has 1 N–H and O–H groups in total. The van der Waals surface area contributed by atoms with Crippen LogP contribution in [0.4, 0.5) is 5.69 Å². The van der Waals surface area contributed by atoms with Crippen LogP contribution in [0.15, 0.2) is 47.6 Å². The summed E-state index contributed by atoms with van der Waals surface area (Å²) in [5, 5.41) is 14.8. The summed E-state index contributed by atoms with van der Waals surface area (Å²) in [5.41, 5.74) is 3.66. The highest BCUT2D eigenvalue weighted by Gasteiger charge is 2.11. The Balaban J connectivity index is 2.19. The van der Waals surface area contributed by atoms with E-state index in [1.165, 1.54) is 26.4 Å². The standard InChI is InChI=1S/C17H17N3O5/c1-11(12-5-4-6-14(7-12)20(22)23)18-19-17(21)13-8-15(24-2)10-16(9-13)25-3/h4-10H,1-3H3,(H,19,21)/b18-11+. The van der Waals surface area contributed by atoms with Crippen LogP contribution in [0.5, 0.6) is 11.5 Å². The van der Waals surface area contributed by atoms with Gasteiger partial charge in [0.2, 0.25) is 0 Å². The molecule has 8 heteroatoms. The molecule has 0 saturated carbocycles. The number of nitrogens with zero attached hydrogens (tertiary/aromatic N) is 2. The van der Waals surface area contributed by atoms with Gasteiger partial charge in [-0.05, 0) is 19.1 Å². The molecule has 0 aliphatic carbocycles. The molecule has 0 radical (unpaired) electrons. The molecule has 0 spiro atoms. The molecule has 0 unspecified atom stereocenters. The van der Waals surface area contributed by atoms with Crippen LogP contribution < -0.4 is 14.9 Å². The third kappa shape index (κ3) is 4.54. The largest absolute Gasteiger partial charge is 0.497 e. The zero-order valence-electron chi connectivity index (χ0n) is 14.0. The summed E-state index contributed by atoms with van der Waals surface area (Å²) in [6.07, 6.45) is 0. The number of amides is 1. The van der Waals surface area contributed by atoms with E-state index in [1.807, 2.05) is 0 Å². The Hall–Kier alpha value is -3.42. The van der Waals surface area contributed by atoms with E-state index in [0.717, 1.165) is 0 Å². The van der Waals surface area contributed by atoms with Crippen LogP contribution in [0.1, 0.15) is 22.8 Å². The number of nitro groups is 1. The summed E-state index contributed by atoms with van der Waals surface area (Å²) >= 11 is 0. The monoisotopic (exact) mass is 343 g/mol. The lowest BCUT2D eigenvalue weighted by molar-refractivity contribution is -0.384. The molecule has 130 valence electrons. The normalized spacial score (nSPS) is 10.9. The fourth-order valence-corrected chi connectivity index (χ4v) is 2.05. The van der Waals surface area contributed by atoms with Gasteiger partial charge in [0.1, 0.15) is 11.5 Å². The number of non-ortho nitro benzene ring substituents is 1. The molecule has 8 nitrogen and oxygen atoms in total. The van der Waals surface area contributed by atoms with Crippen LogP contribution in [0.2, 0.25) is 0 Å². The molecular weight excluding hydrogens is 326 g/mol. The van der Waals surface area contributed by atoms with E-state index in [9.17, 15) is 14.9 Å². The Labute approximate surface area is 144 Å². The van der Waals surface area contributed by atoms with Crippen molar-refractivity contribution < 1.29 is 19.2 Å². The maximum Gasteiger partial charge on any atom is 0.271 e. The van der Waals surface area contributed by atoms with Crippen molar-refractivity contribution in [2.75, 3.05) is 14.2 Å². The minimum absolute atomic E-state index is 0.0455. The number of carbonyl (C=O) groups excluding carboxylic acids is 1. The molecule has 0 fully saturated rings. The molecular formula is C17H17N3O5. The molecule has 0 aromatic heterocycles. The van der Waals surface area contributed by atoms with Gasteiger partial charge in [0.25, 0.3) is 11.6 Å². The Morgan fingerprint density at radius 1 is 1.08 bits per heavy atom. The Bertz CT molecular complexity index is 811. The second-order valence-electron chi connectivity index (χ2n) is 5.05. The van der Waals surface area contributed by atoms with Crippen molar-refractivity contribution in [2.45, 2.75) is 6.92 Å². The van der Waals surface area contributed by atoms with Gasteiger partial charge in [-0.3, -0.25) is 14.9 Å². The molecule has 2 aromatic rings. The molecule has 1 amide bonds. The summed E-state index contributed by atoms with van der Waals surface area (Å²) < 4.78 is 10.2. The maximum absolute atomic E-state index is 12.3. The first-order valence-corrected chi connectivity index (χ1v) is 7.27. The predicted octanol–water partition coefficient (Wildman–Crippen LogP) is 2.77. The van der Waals surface area contributed by atoms with Crippen molar-refractivity contribution in [2.24, 2.45) is 5.10 Å². The van der Waals surface area contributed by atoms with Gasteiger partial charge in [-0.1, -0.05) is 12.1 Å². The van der Waals surface area contributed by atoms with Crippen molar-refractivity contribution in [3.05, 3.63) is 63.7 Å². The number of nitro benzene ring substituents is 1. The van der Waals surface area contributed by atoms with Crippen LogP contribution >= 0.6 is 0 Å². The van der Waals surface area contributed by atoms with Gasteiger partial charge in [0, 0.05) is 29.3 Å². The highest BCUT2D eigenvalue weighted by atomic mass is 16.6. The second-order valence-corrected chi connectivity index (χ2v) is 5.05. The average Bonchev–Trinajstić information content (AvgIpc) is 2.65. The SMILES string of the molecule is COc1cc(OC)cc(C(=O)N/N=C(\C)c2cccc([N+](=O)[O-])c2)c1. The maximum atomic E-state index is 12.3. The zero-order valence-corrected chi connectivity index (χ0v) is 14.0. The van der Waals surface area contributed by atoms with Crippen LogP contribution in [0.3, 0.4) is 0 Å². The molecule has 2 aromatic carbocycles. The molecule has 0 atom stereocenters. The van der Waals surface area contributed by atoms with Gasteiger partial charge in [-0.2, -0.15) is 5.10 Å². The molecule has 0 bridgehead atoms. The van der Waals surface area contributed by atoms with Crippen molar-refractivity contribution in [3.8, 4) is 11.5 Å². The number of methoxy groups -OCH3 is 2. The summed E-state index contributed by atoms with van der Waals surface area (Å²) in [5.74, 6) is 0.495. The van der Waals surface area contributed by atoms with Crippen molar-refractivity contribution in [3.63, 3.8) is 0 Å². The zero-order chi connectivity index (χ0) is 18.4. The van der Waals surface area contributed by atoms with Gasteiger partial charge < -0.3 is 9.47 Å². The van der Waals surface area contributed by atoms with E-state index < -0.39 is 10.8 Å². The van der Waals surface area contributed by atoms with E-state index in [2.05, 4.69) is 10.5 Å². The third-order valence-corrected chi connectivity index (χ3v) is 3.41. The fourth-order valence-electron chi connectivity index (χ4n) is 2.05. The topological polar surface area (TPSA) is 103 Å². The van der Waals surface area contributed by atoms with Gasteiger partial charge in [0.15, 0.2) is 0 Å². The molecule has 0 aliphatic rings. The quantitative estimate of drug-likeness (QED) is 0.493. The molecule has 0 heterocycles. The number of rotatable bonds is 6. The highest BCUT2D eigenvalue weighted by molar-refractivity contribution is 6.01. The Kier molecular flexibility index (Phi) is 5.67. The van der Waals surface area contributed by atoms with Crippen molar-refractivity contribution >= 4 is 17.3 Å². The van der Waals surface area contributed by atoms with E-state index in [-0.39, 0.29) is 5.69 Å². The lowest BCUT2D eigenvalue weighted by atomic mass is 10.1. The first-order valence-electron chi connectivity index (χ1n) is 7.27. The van der Waals surface area contributed by atoms with E-state index in [4.69, 9.17) is 9.47 Å². The Morgan fingerprint density at radius 2 is 1.72 bits per heavy atom. The summed E-state index contributed by atoms with van der Waals surface area (Å²) in [4.78, 5) is 22.6. The number of ether oxygens (including phenoxy) is 2. The molecule has 25 heavy (non-hydrogen) atoms. The number of carbonyl (C=O) groups is 1. The second kappa shape index (κ2) is 7.91. The minimum atomic E-state index is -0.488. The molecule has 0 aliphatic heterocycles. The number of nitrogens with one attached hydrogen (secondary N) is 1. The first-order chi connectivity index (χ1) is 11.9. The molecule has 2 rings (SSSR count). The van der Waals surface area contributed by atoms with E-state index in [1.54, 1.807) is 37.3 Å². The van der Waals surface area contributed by atoms with Gasteiger partial charge in [-0.25, -0.2) is 5.43 Å². The van der Waals surface area contributed by atoms with Crippen molar-refractivity contribution in [1.29, 1.82) is 0 Å². The number of hydrazone groups is 1. The Morgan fingerprint density at radius 3 is 2.28 bits per heavy atom. The number of benzene rings is 2. The van der Waals surface area contributed by atoms with Crippen LogP contribution in [0, 0.1) is 10.1 Å². The van der Waals surface area contributed by atoms with E-state index >= 15 is 0 Å². The summed E-state index contributed by atoms with van der Waals surface area (Å²) in [6, 6.07) is 10.8. The minimum Gasteiger partial charge on any atom is -0.497 e. The summed E-state index contributed by atoms with van der Waals surface area (Å²) in [7, 11) is 2.97. The van der Waals surface area contributed by atoms with Gasteiger partial charge >= 0.3 is 0 Å². The van der Waals surface area contributed by atoms with Crippen LogP contribution in [-0.2, 0) is 0 Å². The van der Waals surface area contributed by atoms with Crippen molar-refractivity contribution in [1.82, 2.24) is 5.43 Å². The number of hydrogen-bond donors (Lipinski definition) is 1. The van der Waals surface area contributed by atoms with Crippen LogP contribution in [-0.4, -0.2) is 30.8 Å². The average molecular weight is 343 g/mol. The number of hydrogen-bond acceptors (Lipinski definition) is 6. The lowest BCUT2D eigenvalue weighted by Gasteiger charge is -2.08. The molecule has 0 saturated heterocycles. The predicted molar refractivity (Wildman–Crippen MR) is 92.3 cm³/mol. The van der Waals surface area contributed by atoms with Gasteiger partial charge in [-0.15, -0.1) is 0 Å². The summed E-state index contributed by atoms with van der Waals surface area (Å²) in [6.45, 7) is 1.64. The lowest BCUT2D eigenvalue weighted by Crippen LogP contribution is -2.19. The van der Waals surface area contributed by atoms with Crippen LogP contribution in [0.25, 0.3) is 0 Å². The van der Waals surface area contributed by atoms with E-state index in [0.29, 0.717) is 28.3 Å². The highest BCUT2D eigenvalue weighted by Crippen LogP contribution is 2.22.